The van der Waals surface area contributed by atoms with Gasteiger partial charge in [-0.3, -0.25) is 0 Å². The number of aliphatic hydroxyl groups is 1. The van der Waals surface area contributed by atoms with Crippen LogP contribution >= 0.6 is 23.5 Å². The molecule has 0 radical (unpaired) electrons. The van der Waals surface area contributed by atoms with Gasteiger partial charge in [0.05, 0.1) is 0 Å². The fourth-order valence-electron chi connectivity index (χ4n) is 1.90. The van der Waals surface area contributed by atoms with Gasteiger partial charge in [-0.25, -0.2) is 13.8 Å². The van der Waals surface area contributed by atoms with Crippen LogP contribution in [0.25, 0.3) is 11.2 Å². The van der Waals surface area contributed by atoms with E-state index in [1.165, 1.54) is 35.7 Å². The van der Waals surface area contributed by atoms with E-state index < -0.39 is 11.6 Å². The van der Waals surface area contributed by atoms with Crippen LogP contribution in [0.4, 0.5) is 8.78 Å². The molecule has 0 amide bonds. The first-order valence-corrected chi connectivity index (χ1v) is 9.04. The van der Waals surface area contributed by atoms with Crippen LogP contribution in [-0.2, 0) is 5.75 Å². The Hall–Kier alpha value is -1.78. The Morgan fingerprint density at radius 3 is 2.83 bits per heavy atom. The number of rotatable bonds is 7. The summed E-state index contributed by atoms with van der Waals surface area (Å²) in [6.45, 7) is 0.0977. The van der Waals surface area contributed by atoms with Crippen LogP contribution in [0.15, 0.2) is 28.4 Å². The van der Waals surface area contributed by atoms with E-state index in [4.69, 9.17) is 5.11 Å². The van der Waals surface area contributed by atoms with Gasteiger partial charge < -0.3 is 5.11 Å². The highest BCUT2D eigenvalue weighted by Gasteiger charge is 2.14. The molecule has 0 saturated heterocycles. The quantitative estimate of drug-likeness (QED) is 0.287. The Labute approximate surface area is 144 Å². The summed E-state index contributed by atoms with van der Waals surface area (Å²) in [5.74, 6) is -0.850. The summed E-state index contributed by atoms with van der Waals surface area (Å²) in [5.41, 5.74) is 1.22. The zero-order valence-electron chi connectivity index (χ0n) is 12.4. The van der Waals surface area contributed by atoms with E-state index in [0.29, 0.717) is 33.5 Å². The van der Waals surface area contributed by atoms with Crippen molar-refractivity contribution in [3.63, 3.8) is 0 Å². The Kier molecular flexibility index (Phi) is 5.59. The molecule has 0 atom stereocenters. The highest BCUT2D eigenvalue weighted by molar-refractivity contribution is 7.99. The van der Waals surface area contributed by atoms with Gasteiger partial charge in [-0.05, 0) is 12.5 Å². The largest absolute Gasteiger partial charge is 0.396 e. The summed E-state index contributed by atoms with van der Waals surface area (Å²) in [7, 11) is 0. The fourth-order valence-corrected chi connectivity index (χ4v) is 3.67. The summed E-state index contributed by atoms with van der Waals surface area (Å²) in [6, 6.07) is 4.07. The first-order chi connectivity index (χ1) is 11.7. The summed E-state index contributed by atoms with van der Waals surface area (Å²) < 4.78 is 27.0. The number of halogens is 2. The zero-order chi connectivity index (χ0) is 16.9. The van der Waals surface area contributed by atoms with E-state index in [1.807, 2.05) is 0 Å². The monoisotopic (exact) mass is 369 g/mol. The number of nitrogens with zero attached hydrogens (tertiary/aromatic N) is 4. The van der Waals surface area contributed by atoms with Crippen LogP contribution in [0.3, 0.4) is 0 Å². The van der Waals surface area contributed by atoms with Crippen molar-refractivity contribution in [2.24, 2.45) is 0 Å². The van der Waals surface area contributed by atoms with Crippen LogP contribution in [0, 0.1) is 11.6 Å². The third-order valence-corrected chi connectivity index (χ3v) is 5.01. The molecule has 0 saturated carbocycles. The molecule has 6 nitrogen and oxygen atoms in total. The number of aromatic nitrogens is 5. The molecule has 2 N–H and O–H groups in total. The SMILES string of the molecule is OCCCSc1nc(SCc2cccc(F)c2F)nc2n[nH]nc12. The first kappa shape index (κ1) is 17.1. The van der Waals surface area contributed by atoms with Crippen LogP contribution in [-0.4, -0.2) is 42.8 Å². The molecule has 0 bridgehead atoms. The number of aliphatic hydroxyl groups excluding tert-OH is 1. The second kappa shape index (κ2) is 7.86. The van der Waals surface area contributed by atoms with E-state index in [9.17, 15) is 8.78 Å². The minimum atomic E-state index is -0.874. The average molecular weight is 369 g/mol. The second-order valence-corrected chi connectivity index (χ2v) is 6.76. The van der Waals surface area contributed by atoms with E-state index in [2.05, 4.69) is 25.4 Å². The number of fused-ring (bicyclic) bond motifs is 1. The highest BCUT2D eigenvalue weighted by Crippen LogP contribution is 2.28. The van der Waals surface area contributed by atoms with Gasteiger partial charge in [0.25, 0.3) is 0 Å². The minimum absolute atomic E-state index is 0.0977. The smallest absolute Gasteiger partial charge is 0.206 e. The summed E-state index contributed by atoms with van der Waals surface area (Å²) >= 11 is 2.63. The average Bonchev–Trinajstić information content (AvgIpc) is 3.05. The van der Waals surface area contributed by atoms with Crippen molar-refractivity contribution in [1.82, 2.24) is 25.4 Å². The fraction of sp³-hybridized carbons (Fsp3) is 0.286. The molecule has 126 valence electrons. The predicted octanol–water partition coefficient (Wildman–Crippen LogP) is 2.79. The second-order valence-electron chi connectivity index (χ2n) is 4.73. The van der Waals surface area contributed by atoms with E-state index in [0.717, 1.165) is 6.07 Å². The number of aromatic amines is 1. The van der Waals surface area contributed by atoms with Crippen molar-refractivity contribution in [2.75, 3.05) is 12.4 Å². The van der Waals surface area contributed by atoms with Gasteiger partial charge in [-0.2, -0.15) is 15.3 Å². The molecule has 3 aromatic rings. The molecule has 0 aliphatic rings. The van der Waals surface area contributed by atoms with Crippen molar-refractivity contribution in [2.45, 2.75) is 22.4 Å². The van der Waals surface area contributed by atoms with Crippen molar-refractivity contribution in [3.8, 4) is 0 Å². The van der Waals surface area contributed by atoms with Gasteiger partial charge in [-0.1, -0.05) is 23.9 Å². The number of hydrogen-bond acceptors (Lipinski definition) is 7. The number of benzene rings is 1. The molecular formula is C14H13F2N5OS2. The zero-order valence-corrected chi connectivity index (χ0v) is 14.0. The lowest BCUT2D eigenvalue weighted by Crippen LogP contribution is -1.96. The van der Waals surface area contributed by atoms with Crippen LogP contribution in [0.1, 0.15) is 12.0 Å². The topological polar surface area (TPSA) is 87.6 Å². The maximum Gasteiger partial charge on any atom is 0.206 e. The number of nitrogens with one attached hydrogen (secondary N) is 1. The van der Waals surface area contributed by atoms with Gasteiger partial charge in [0.15, 0.2) is 22.3 Å². The Balaban J connectivity index is 1.80. The highest BCUT2D eigenvalue weighted by atomic mass is 32.2. The Morgan fingerprint density at radius 2 is 2.00 bits per heavy atom. The number of H-pyrrole nitrogens is 1. The molecule has 2 heterocycles. The summed E-state index contributed by atoms with van der Waals surface area (Å²) in [6.07, 6.45) is 0.630. The molecule has 0 aliphatic heterocycles. The van der Waals surface area contributed by atoms with Crippen LogP contribution in [0.5, 0.6) is 0 Å². The van der Waals surface area contributed by atoms with Crippen molar-refractivity contribution in [3.05, 3.63) is 35.4 Å². The van der Waals surface area contributed by atoms with Crippen LogP contribution in [0.2, 0.25) is 0 Å². The molecule has 3 rings (SSSR count). The Bertz CT molecular complexity index is 845. The van der Waals surface area contributed by atoms with E-state index >= 15 is 0 Å². The summed E-state index contributed by atoms with van der Waals surface area (Å²) in [4.78, 5) is 8.67. The number of thioether (sulfide) groups is 2. The molecule has 2 aromatic heterocycles. The van der Waals surface area contributed by atoms with Crippen molar-refractivity contribution in [1.29, 1.82) is 0 Å². The first-order valence-electron chi connectivity index (χ1n) is 7.07. The lowest BCUT2D eigenvalue weighted by molar-refractivity contribution is 0.296. The van der Waals surface area contributed by atoms with Crippen molar-refractivity contribution >= 4 is 34.7 Å². The molecular weight excluding hydrogens is 356 g/mol. The molecule has 0 spiro atoms. The Morgan fingerprint density at radius 1 is 1.12 bits per heavy atom. The molecule has 0 unspecified atom stereocenters. The number of hydrogen-bond donors (Lipinski definition) is 2. The standard InChI is InChI=1S/C14H13F2N5OS2/c15-9-4-1-3-8(10(9)16)7-24-14-17-12-11(19-21-20-12)13(18-14)23-6-2-5-22/h1,3-4,22H,2,5-7H2,(H,17,18,19,20,21). The van der Waals surface area contributed by atoms with Gasteiger partial charge in [0, 0.05) is 23.7 Å². The molecule has 10 heteroatoms. The van der Waals surface area contributed by atoms with Gasteiger partial charge in [-0.15, -0.1) is 16.9 Å². The third-order valence-electron chi connectivity index (χ3n) is 3.06. The van der Waals surface area contributed by atoms with E-state index in [-0.39, 0.29) is 17.9 Å². The van der Waals surface area contributed by atoms with Gasteiger partial charge >= 0.3 is 0 Å². The normalized spacial score (nSPS) is 11.3. The van der Waals surface area contributed by atoms with E-state index in [1.54, 1.807) is 0 Å². The maximum absolute atomic E-state index is 13.7. The lowest BCUT2D eigenvalue weighted by Gasteiger charge is -2.05. The molecule has 1 aromatic carbocycles. The molecule has 24 heavy (non-hydrogen) atoms. The summed E-state index contributed by atoms with van der Waals surface area (Å²) in [5, 5.41) is 20.4. The predicted molar refractivity (Wildman–Crippen MR) is 87.8 cm³/mol. The molecule has 0 aliphatic carbocycles. The van der Waals surface area contributed by atoms with Crippen molar-refractivity contribution < 1.29 is 13.9 Å². The minimum Gasteiger partial charge on any atom is -0.396 e. The van der Waals surface area contributed by atoms with Gasteiger partial charge in [0.1, 0.15) is 5.03 Å². The lowest BCUT2D eigenvalue weighted by atomic mass is 10.2. The van der Waals surface area contributed by atoms with Crippen LogP contribution < -0.4 is 0 Å². The third kappa shape index (κ3) is 3.82. The van der Waals surface area contributed by atoms with Gasteiger partial charge in [0.2, 0.25) is 5.65 Å². The maximum atomic E-state index is 13.7. The molecule has 0 fully saturated rings.